The van der Waals surface area contributed by atoms with E-state index in [1.807, 2.05) is 32.0 Å². The number of carboxylic acids is 1. The molecule has 0 unspecified atom stereocenters. The fraction of sp³-hybridized carbons (Fsp3) is 0.267. The molecule has 0 radical (unpaired) electrons. The number of hydrogen-bond acceptors (Lipinski definition) is 3. The molecular formula is C15H16O4. The van der Waals surface area contributed by atoms with Gasteiger partial charge < -0.3 is 14.3 Å². The smallest absolute Gasteiger partial charge is 0.339 e. The maximum atomic E-state index is 10.9. The van der Waals surface area contributed by atoms with Crippen LogP contribution in [0.5, 0.6) is 5.75 Å². The van der Waals surface area contributed by atoms with Gasteiger partial charge in [0.1, 0.15) is 29.4 Å². The van der Waals surface area contributed by atoms with Crippen LogP contribution < -0.4 is 4.74 Å². The number of furan rings is 1. The summed E-state index contributed by atoms with van der Waals surface area (Å²) in [5.41, 5.74) is 2.53. The van der Waals surface area contributed by atoms with Gasteiger partial charge in [-0.1, -0.05) is 6.07 Å². The van der Waals surface area contributed by atoms with Crippen LogP contribution in [0.2, 0.25) is 0 Å². The third-order valence-electron chi connectivity index (χ3n) is 3.06. The summed E-state index contributed by atoms with van der Waals surface area (Å²) in [6.07, 6.45) is 0. The Hall–Kier alpha value is -2.23. The number of benzene rings is 1. The molecule has 0 aliphatic carbocycles. The second-order valence-electron chi connectivity index (χ2n) is 4.52. The third-order valence-corrected chi connectivity index (χ3v) is 3.06. The van der Waals surface area contributed by atoms with Crippen LogP contribution in [0.4, 0.5) is 0 Å². The molecule has 0 saturated heterocycles. The van der Waals surface area contributed by atoms with Gasteiger partial charge in [-0.25, -0.2) is 4.79 Å². The van der Waals surface area contributed by atoms with Crippen molar-refractivity contribution in [2.45, 2.75) is 27.4 Å². The molecule has 1 N–H and O–H groups in total. The highest BCUT2D eigenvalue weighted by Gasteiger charge is 2.13. The number of ether oxygens (including phenoxy) is 1. The molecule has 0 aliphatic heterocycles. The first-order chi connectivity index (χ1) is 8.97. The number of aromatic carboxylic acids is 1. The average molecular weight is 260 g/mol. The van der Waals surface area contributed by atoms with E-state index in [1.165, 1.54) is 11.6 Å². The van der Waals surface area contributed by atoms with Crippen LogP contribution in [0, 0.1) is 20.8 Å². The van der Waals surface area contributed by atoms with E-state index >= 15 is 0 Å². The maximum absolute atomic E-state index is 10.9. The van der Waals surface area contributed by atoms with Crippen molar-refractivity contribution in [1.82, 2.24) is 0 Å². The number of aryl methyl sites for hydroxylation is 3. The van der Waals surface area contributed by atoms with Crippen LogP contribution in [0.1, 0.15) is 33.0 Å². The molecule has 1 aromatic carbocycles. The highest BCUT2D eigenvalue weighted by Crippen LogP contribution is 2.20. The van der Waals surface area contributed by atoms with Gasteiger partial charge in [0.05, 0.1) is 0 Å². The van der Waals surface area contributed by atoms with Crippen LogP contribution in [-0.4, -0.2) is 11.1 Å². The van der Waals surface area contributed by atoms with Gasteiger partial charge in [0, 0.05) is 0 Å². The Morgan fingerprint density at radius 3 is 2.53 bits per heavy atom. The molecule has 0 amide bonds. The van der Waals surface area contributed by atoms with E-state index in [9.17, 15) is 4.79 Å². The molecule has 2 rings (SSSR count). The van der Waals surface area contributed by atoms with Gasteiger partial charge >= 0.3 is 5.97 Å². The molecule has 1 aromatic heterocycles. The summed E-state index contributed by atoms with van der Waals surface area (Å²) in [4.78, 5) is 10.9. The van der Waals surface area contributed by atoms with E-state index < -0.39 is 5.97 Å². The van der Waals surface area contributed by atoms with E-state index in [4.69, 9.17) is 14.3 Å². The van der Waals surface area contributed by atoms with E-state index in [1.54, 1.807) is 6.92 Å². The van der Waals surface area contributed by atoms with E-state index in [0.29, 0.717) is 11.5 Å². The van der Waals surface area contributed by atoms with Crippen molar-refractivity contribution in [3.63, 3.8) is 0 Å². The van der Waals surface area contributed by atoms with E-state index in [2.05, 4.69) is 0 Å². The monoisotopic (exact) mass is 260 g/mol. The SMILES string of the molecule is Cc1ccc(OCc2cc(C(=O)O)c(C)o2)cc1C. The van der Waals surface area contributed by atoms with E-state index in [-0.39, 0.29) is 12.2 Å². The van der Waals surface area contributed by atoms with Crippen molar-refractivity contribution in [3.05, 3.63) is 52.5 Å². The fourth-order valence-electron chi connectivity index (χ4n) is 1.79. The van der Waals surface area contributed by atoms with Crippen LogP contribution >= 0.6 is 0 Å². The van der Waals surface area contributed by atoms with Crippen molar-refractivity contribution in [2.24, 2.45) is 0 Å². The predicted molar refractivity (Wildman–Crippen MR) is 70.7 cm³/mol. The highest BCUT2D eigenvalue weighted by molar-refractivity contribution is 5.88. The molecule has 0 saturated carbocycles. The third kappa shape index (κ3) is 2.96. The van der Waals surface area contributed by atoms with E-state index in [0.717, 1.165) is 11.3 Å². The second kappa shape index (κ2) is 5.18. The standard InChI is InChI=1S/C15H16O4/c1-9-4-5-12(6-10(9)2)18-8-13-7-14(15(16)17)11(3)19-13/h4-7H,8H2,1-3H3,(H,16,17). The Bertz CT molecular complexity index is 611. The summed E-state index contributed by atoms with van der Waals surface area (Å²) in [7, 11) is 0. The maximum Gasteiger partial charge on any atom is 0.339 e. The molecule has 1 heterocycles. The predicted octanol–water partition coefficient (Wildman–Crippen LogP) is 3.48. The fourth-order valence-corrected chi connectivity index (χ4v) is 1.79. The first kappa shape index (κ1) is 13.2. The summed E-state index contributed by atoms with van der Waals surface area (Å²) in [6, 6.07) is 7.32. The lowest BCUT2D eigenvalue weighted by Gasteiger charge is -2.06. The van der Waals surface area contributed by atoms with Gasteiger partial charge in [-0.15, -0.1) is 0 Å². The van der Waals surface area contributed by atoms with Crippen molar-refractivity contribution in [2.75, 3.05) is 0 Å². The van der Waals surface area contributed by atoms with Gasteiger partial charge in [-0.3, -0.25) is 0 Å². The van der Waals surface area contributed by atoms with Crippen LogP contribution in [-0.2, 0) is 6.61 Å². The zero-order chi connectivity index (χ0) is 14.0. The quantitative estimate of drug-likeness (QED) is 0.914. The summed E-state index contributed by atoms with van der Waals surface area (Å²) in [5.74, 6) is 0.659. The van der Waals surface area contributed by atoms with Crippen molar-refractivity contribution in [3.8, 4) is 5.75 Å². The molecule has 0 fully saturated rings. The zero-order valence-corrected chi connectivity index (χ0v) is 11.2. The second-order valence-corrected chi connectivity index (χ2v) is 4.52. The van der Waals surface area contributed by atoms with Gasteiger partial charge in [0.25, 0.3) is 0 Å². The lowest BCUT2D eigenvalue weighted by atomic mass is 10.1. The molecular weight excluding hydrogens is 244 g/mol. The minimum absolute atomic E-state index is 0.179. The largest absolute Gasteiger partial charge is 0.486 e. The molecule has 2 aromatic rings. The Morgan fingerprint density at radius 1 is 1.21 bits per heavy atom. The molecule has 100 valence electrons. The summed E-state index contributed by atoms with van der Waals surface area (Å²) in [6.45, 7) is 5.90. The van der Waals surface area contributed by atoms with Crippen molar-refractivity contribution >= 4 is 5.97 Å². The number of carbonyl (C=O) groups is 1. The topological polar surface area (TPSA) is 59.7 Å². The lowest BCUT2D eigenvalue weighted by Crippen LogP contribution is -1.96. The number of carboxylic acid groups (broad SMARTS) is 1. The number of rotatable bonds is 4. The Kier molecular flexibility index (Phi) is 3.60. The normalized spacial score (nSPS) is 10.5. The molecule has 4 nitrogen and oxygen atoms in total. The lowest BCUT2D eigenvalue weighted by molar-refractivity contribution is 0.0695. The minimum atomic E-state index is -0.987. The number of hydrogen-bond donors (Lipinski definition) is 1. The van der Waals surface area contributed by atoms with Crippen LogP contribution in [0.3, 0.4) is 0 Å². The summed E-state index contributed by atoms with van der Waals surface area (Å²) >= 11 is 0. The molecule has 0 bridgehead atoms. The van der Waals surface area contributed by atoms with Crippen molar-refractivity contribution in [1.29, 1.82) is 0 Å². The molecule has 19 heavy (non-hydrogen) atoms. The average Bonchev–Trinajstić information content (AvgIpc) is 2.72. The summed E-state index contributed by atoms with van der Waals surface area (Å²) < 4.78 is 10.9. The van der Waals surface area contributed by atoms with Gasteiger partial charge in [-0.2, -0.15) is 0 Å². The Balaban J connectivity index is 2.08. The molecule has 0 spiro atoms. The highest BCUT2D eigenvalue weighted by atomic mass is 16.5. The zero-order valence-electron chi connectivity index (χ0n) is 11.2. The van der Waals surface area contributed by atoms with Gasteiger partial charge in [-0.05, 0) is 50.1 Å². The molecule has 0 aliphatic rings. The van der Waals surface area contributed by atoms with Crippen LogP contribution in [0.25, 0.3) is 0 Å². The Morgan fingerprint density at radius 2 is 1.95 bits per heavy atom. The van der Waals surface area contributed by atoms with Crippen LogP contribution in [0.15, 0.2) is 28.7 Å². The molecule has 0 atom stereocenters. The van der Waals surface area contributed by atoms with Gasteiger partial charge in [0.15, 0.2) is 0 Å². The first-order valence-corrected chi connectivity index (χ1v) is 6.00. The summed E-state index contributed by atoms with van der Waals surface area (Å²) in [5, 5.41) is 8.93. The van der Waals surface area contributed by atoms with Gasteiger partial charge in [0.2, 0.25) is 0 Å². The minimum Gasteiger partial charge on any atom is -0.486 e. The first-order valence-electron chi connectivity index (χ1n) is 6.00. The Labute approximate surface area is 111 Å². The molecule has 4 heteroatoms. The van der Waals surface area contributed by atoms with Crippen molar-refractivity contribution < 1.29 is 19.1 Å².